The largest absolute Gasteiger partial charge is 0.311 e. The van der Waals surface area contributed by atoms with Crippen LogP contribution in [0.25, 0.3) is 5.69 Å². The average Bonchev–Trinajstić information content (AvgIpc) is 2.74. The van der Waals surface area contributed by atoms with Crippen LogP contribution in [-0.4, -0.2) is 23.3 Å². The molecule has 0 fully saturated rings. The van der Waals surface area contributed by atoms with Gasteiger partial charge >= 0.3 is 0 Å². The first kappa shape index (κ1) is 22.6. The van der Waals surface area contributed by atoms with E-state index < -0.39 is 17.3 Å². The maximum atomic E-state index is 13.7. The quantitative estimate of drug-likeness (QED) is 0.567. The van der Waals surface area contributed by atoms with Crippen LogP contribution in [0.5, 0.6) is 0 Å². The molecule has 0 saturated heterocycles. The molecule has 3 aromatic rings. The van der Waals surface area contributed by atoms with E-state index >= 15 is 0 Å². The van der Waals surface area contributed by atoms with E-state index in [1.54, 1.807) is 7.05 Å². The number of fused-ring (bicyclic) bond motifs is 1. The van der Waals surface area contributed by atoms with Gasteiger partial charge in [-0.25, -0.2) is 4.39 Å². The minimum Gasteiger partial charge on any atom is -0.311 e. The molecule has 1 aromatic heterocycles. The smallest absolute Gasteiger partial charge is 0.268 e. The van der Waals surface area contributed by atoms with E-state index in [2.05, 4.69) is 0 Å². The monoisotopic (exact) mass is 446 g/mol. The minimum absolute atomic E-state index is 0.0151. The van der Waals surface area contributed by atoms with Gasteiger partial charge in [-0.1, -0.05) is 19.9 Å². The zero-order valence-electron chi connectivity index (χ0n) is 19.5. The van der Waals surface area contributed by atoms with Gasteiger partial charge in [-0.05, 0) is 78.8 Å². The number of amides is 1. The van der Waals surface area contributed by atoms with Crippen LogP contribution in [0.2, 0.25) is 0 Å². The van der Waals surface area contributed by atoms with Crippen LogP contribution in [0.15, 0.2) is 53.5 Å². The second-order valence-corrected chi connectivity index (χ2v) is 9.62. The summed E-state index contributed by atoms with van der Waals surface area (Å²) < 4.78 is 14.8. The van der Waals surface area contributed by atoms with E-state index in [9.17, 15) is 18.8 Å². The SMILES string of the molecule is Cc1ccc(N(C)C(=O)c2c3c(cn(-c4ccc(F)cc4)c2=O)C(=O)CC(C)(C)C3)cc1C. The molecule has 0 unspecified atom stereocenters. The Bertz CT molecular complexity index is 1340. The van der Waals surface area contributed by atoms with Gasteiger partial charge < -0.3 is 4.90 Å². The molecule has 0 bridgehead atoms. The molecule has 0 radical (unpaired) electrons. The number of aromatic nitrogens is 1. The number of hydrogen-bond acceptors (Lipinski definition) is 3. The van der Waals surface area contributed by atoms with E-state index in [0.29, 0.717) is 35.3 Å². The van der Waals surface area contributed by atoms with Gasteiger partial charge in [0, 0.05) is 36.6 Å². The molecule has 0 spiro atoms. The van der Waals surface area contributed by atoms with E-state index in [1.165, 1.54) is 39.9 Å². The van der Waals surface area contributed by atoms with Gasteiger partial charge in [-0.2, -0.15) is 0 Å². The highest BCUT2D eigenvalue weighted by Crippen LogP contribution is 2.36. The number of aryl methyl sites for hydroxylation is 2. The van der Waals surface area contributed by atoms with E-state index in [1.807, 2.05) is 45.9 Å². The Labute approximate surface area is 192 Å². The number of ketones is 1. The van der Waals surface area contributed by atoms with Gasteiger partial charge in [0.25, 0.3) is 11.5 Å². The predicted molar refractivity (Wildman–Crippen MR) is 127 cm³/mol. The van der Waals surface area contributed by atoms with Crippen molar-refractivity contribution in [3.05, 3.63) is 92.6 Å². The fourth-order valence-corrected chi connectivity index (χ4v) is 4.38. The lowest BCUT2D eigenvalue weighted by Crippen LogP contribution is -2.39. The Kier molecular flexibility index (Phi) is 5.56. The molecule has 0 saturated carbocycles. The molecule has 6 heteroatoms. The Morgan fingerprint density at radius 1 is 1.00 bits per heavy atom. The molecule has 33 heavy (non-hydrogen) atoms. The lowest BCUT2D eigenvalue weighted by molar-refractivity contribution is 0.0910. The summed E-state index contributed by atoms with van der Waals surface area (Å²) in [5.74, 6) is -1.02. The number of hydrogen-bond donors (Lipinski definition) is 0. The van der Waals surface area contributed by atoms with Crippen LogP contribution in [0.1, 0.15) is 57.7 Å². The molecule has 0 aliphatic heterocycles. The maximum absolute atomic E-state index is 13.7. The number of halogens is 1. The Morgan fingerprint density at radius 2 is 1.67 bits per heavy atom. The first-order valence-electron chi connectivity index (χ1n) is 10.9. The second-order valence-electron chi connectivity index (χ2n) is 9.62. The molecule has 4 rings (SSSR count). The second kappa shape index (κ2) is 8.10. The number of nitrogens with zero attached hydrogens (tertiary/aromatic N) is 2. The van der Waals surface area contributed by atoms with E-state index in [-0.39, 0.29) is 16.8 Å². The number of benzene rings is 2. The first-order valence-corrected chi connectivity index (χ1v) is 10.9. The van der Waals surface area contributed by atoms with Crippen molar-refractivity contribution in [1.29, 1.82) is 0 Å². The van der Waals surface area contributed by atoms with Crippen molar-refractivity contribution < 1.29 is 14.0 Å². The molecule has 1 aliphatic carbocycles. The zero-order chi connectivity index (χ0) is 24.1. The molecule has 170 valence electrons. The highest BCUT2D eigenvalue weighted by Gasteiger charge is 2.36. The van der Waals surface area contributed by atoms with Crippen LogP contribution in [0.3, 0.4) is 0 Å². The van der Waals surface area contributed by atoms with E-state index in [4.69, 9.17) is 0 Å². The van der Waals surface area contributed by atoms with Gasteiger partial charge in [0.15, 0.2) is 5.78 Å². The summed E-state index contributed by atoms with van der Waals surface area (Å²) >= 11 is 0. The topological polar surface area (TPSA) is 59.4 Å². The molecular weight excluding hydrogens is 419 g/mol. The molecule has 1 amide bonds. The fourth-order valence-electron chi connectivity index (χ4n) is 4.38. The summed E-state index contributed by atoms with van der Waals surface area (Å²) in [5, 5.41) is 0. The molecule has 0 atom stereocenters. The minimum atomic E-state index is -0.522. The summed E-state index contributed by atoms with van der Waals surface area (Å²) in [6.07, 6.45) is 2.26. The summed E-state index contributed by atoms with van der Waals surface area (Å²) in [7, 11) is 1.63. The van der Waals surface area contributed by atoms with Gasteiger partial charge in [0.05, 0.1) is 0 Å². The van der Waals surface area contributed by atoms with Crippen LogP contribution in [-0.2, 0) is 6.42 Å². The van der Waals surface area contributed by atoms with Gasteiger partial charge in [-0.15, -0.1) is 0 Å². The van der Waals surface area contributed by atoms with E-state index in [0.717, 1.165) is 11.1 Å². The standard InChI is InChI=1S/C27H27FN2O3/c1-16-6-9-20(12-17(16)2)29(5)25(32)24-21-13-27(3,4)14-23(31)22(21)15-30(26(24)33)19-10-7-18(28)8-11-19/h6-12,15H,13-14H2,1-5H3. The van der Waals surface area contributed by atoms with Gasteiger partial charge in [-0.3, -0.25) is 19.0 Å². The van der Waals surface area contributed by atoms with Crippen molar-refractivity contribution in [2.45, 2.75) is 40.5 Å². The molecule has 2 aromatic carbocycles. The highest BCUT2D eigenvalue weighted by molar-refractivity contribution is 6.09. The molecule has 1 heterocycles. The maximum Gasteiger partial charge on any atom is 0.268 e. The molecule has 1 aliphatic rings. The number of Topliss-reactive ketones (excluding diaryl/α,β-unsaturated/α-hetero) is 1. The third kappa shape index (κ3) is 4.13. The summed E-state index contributed by atoms with van der Waals surface area (Å²) in [5.41, 5.74) is 3.14. The molecular formula is C27H27FN2O3. The Morgan fingerprint density at radius 3 is 2.30 bits per heavy atom. The number of rotatable bonds is 3. The van der Waals surface area contributed by atoms with Crippen molar-refractivity contribution >= 4 is 17.4 Å². The van der Waals surface area contributed by atoms with Crippen molar-refractivity contribution in [1.82, 2.24) is 4.57 Å². The summed E-state index contributed by atoms with van der Waals surface area (Å²) in [4.78, 5) is 41.9. The number of carbonyl (C=O) groups is 2. The van der Waals surface area contributed by atoms with Crippen molar-refractivity contribution in [3.63, 3.8) is 0 Å². The van der Waals surface area contributed by atoms with Crippen molar-refractivity contribution in [2.24, 2.45) is 5.41 Å². The number of carbonyl (C=O) groups excluding carboxylic acids is 2. The van der Waals surface area contributed by atoms with Crippen molar-refractivity contribution in [3.8, 4) is 5.69 Å². The third-order valence-electron chi connectivity index (χ3n) is 6.41. The Hall–Kier alpha value is -3.54. The summed E-state index contributed by atoms with van der Waals surface area (Å²) in [6, 6.07) is 11.1. The fraction of sp³-hybridized carbons (Fsp3) is 0.296. The first-order chi connectivity index (χ1) is 15.5. The normalized spacial score (nSPS) is 14.7. The lowest BCUT2D eigenvalue weighted by atomic mass is 9.73. The van der Waals surface area contributed by atoms with Crippen molar-refractivity contribution in [2.75, 3.05) is 11.9 Å². The lowest BCUT2D eigenvalue weighted by Gasteiger charge is -2.32. The zero-order valence-corrected chi connectivity index (χ0v) is 19.5. The highest BCUT2D eigenvalue weighted by atomic mass is 19.1. The molecule has 0 N–H and O–H groups in total. The van der Waals surface area contributed by atoms with Gasteiger partial charge in [0.2, 0.25) is 0 Å². The average molecular weight is 447 g/mol. The molecule has 5 nitrogen and oxygen atoms in total. The number of pyridine rings is 1. The predicted octanol–water partition coefficient (Wildman–Crippen LogP) is 5.03. The van der Waals surface area contributed by atoms with Crippen LogP contribution in [0.4, 0.5) is 10.1 Å². The van der Waals surface area contributed by atoms with Crippen LogP contribution >= 0.6 is 0 Å². The third-order valence-corrected chi connectivity index (χ3v) is 6.41. The van der Waals surface area contributed by atoms with Crippen LogP contribution < -0.4 is 10.5 Å². The van der Waals surface area contributed by atoms with Crippen LogP contribution in [0, 0.1) is 25.1 Å². The summed E-state index contributed by atoms with van der Waals surface area (Å²) in [6.45, 7) is 7.87. The van der Waals surface area contributed by atoms with Gasteiger partial charge in [0.1, 0.15) is 11.4 Å². The Balaban J connectivity index is 1.94. The number of anilines is 1.